The van der Waals surface area contributed by atoms with Crippen LogP contribution < -0.4 is 4.74 Å². The number of aliphatic hydroxyl groups is 1. The molecule has 192 valence electrons. The predicted molar refractivity (Wildman–Crippen MR) is 131 cm³/mol. The van der Waals surface area contributed by atoms with Crippen molar-refractivity contribution in [1.29, 1.82) is 0 Å². The Morgan fingerprint density at radius 3 is 2.44 bits per heavy atom. The van der Waals surface area contributed by atoms with Gasteiger partial charge in [-0.25, -0.2) is 0 Å². The van der Waals surface area contributed by atoms with Crippen LogP contribution in [0.25, 0.3) is 0 Å². The van der Waals surface area contributed by atoms with Crippen LogP contribution in [-0.2, 0) is 23.9 Å². The van der Waals surface area contributed by atoms with E-state index in [4.69, 9.17) is 21.4 Å². The highest BCUT2D eigenvalue weighted by Gasteiger charge is 2.34. The molecule has 0 radical (unpaired) electrons. The van der Waals surface area contributed by atoms with Gasteiger partial charge in [-0.15, -0.1) is 0 Å². The summed E-state index contributed by atoms with van der Waals surface area (Å²) in [6, 6.07) is 19.6. The van der Waals surface area contributed by atoms with Gasteiger partial charge < -0.3 is 14.9 Å². The molecule has 0 aromatic heterocycles. The van der Waals surface area contributed by atoms with E-state index in [0.717, 1.165) is 6.07 Å². The molecule has 0 aliphatic rings. The zero-order valence-corrected chi connectivity index (χ0v) is 20.2. The Morgan fingerprint density at radius 1 is 1.03 bits per heavy atom. The number of ether oxygens (including phenoxy) is 1. The van der Waals surface area contributed by atoms with Gasteiger partial charge in [0.15, 0.2) is 0 Å². The van der Waals surface area contributed by atoms with Gasteiger partial charge in [0.05, 0.1) is 29.7 Å². The van der Waals surface area contributed by atoms with Crippen molar-refractivity contribution >= 4 is 17.6 Å². The van der Waals surface area contributed by atoms with E-state index in [1.165, 1.54) is 6.07 Å². The fraction of sp³-hybridized carbons (Fsp3) is 0.296. The number of benzene rings is 3. The highest BCUT2D eigenvalue weighted by atomic mass is 35.5. The minimum absolute atomic E-state index is 0.111. The van der Waals surface area contributed by atoms with Gasteiger partial charge in [0.1, 0.15) is 5.75 Å². The molecule has 0 amide bonds. The quantitative estimate of drug-likeness (QED) is 0.286. The molecule has 3 aromatic rings. The lowest BCUT2D eigenvalue weighted by Crippen LogP contribution is -2.30. The van der Waals surface area contributed by atoms with E-state index in [0.29, 0.717) is 42.0 Å². The molecule has 1 atom stereocenters. The van der Waals surface area contributed by atoms with E-state index in [1.807, 2.05) is 11.0 Å². The molecule has 5 nitrogen and oxygen atoms in total. The molecule has 0 heterocycles. The molecule has 3 rings (SSSR count). The van der Waals surface area contributed by atoms with Crippen LogP contribution in [0.4, 0.5) is 13.2 Å². The van der Waals surface area contributed by atoms with Crippen LogP contribution >= 0.6 is 11.6 Å². The van der Waals surface area contributed by atoms with Crippen LogP contribution in [-0.4, -0.2) is 40.8 Å². The van der Waals surface area contributed by atoms with Crippen molar-refractivity contribution in [3.05, 3.63) is 100 Å². The summed E-state index contributed by atoms with van der Waals surface area (Å²) in [5, 5.41) is 19.3. The number of rotatable bonds is 12. The van der Waals surface area contributed by atoms with Crippen molar-refractivity contribution in [3.8, 4) is 5.75 Å². The van der Waals surface area contributed by atoms with Gasteiger partial charge in [-0.2, -0.15) is 13.2 Å². The number of hydrogen-bond acceptors (Lipinski definition) is 4. The largest absolute Gasteiger partial charge is 0.494 e. The van der Waals surface area contributed by atoms with Gasteiger partial charge in [0.25, 0.3) is 0 Å². The number of halogens is 4. The van der Waals surface area contributed by atoms with E-state index in [9.17, 15) is 23.1 Å². The molecule has 3 aromatic carbocycles. The average molecular weight is 522 g/mol. The normalized spacial score (nSPS) is 12.5. The number of aliphatic carboxylic acids is 1. The summed E-state index contributed by atoms with van der Waals surface area (Å²) >= 11 is 6.11. The Morgan fingerprint density at radius 2 is 1.75 bits per heavy atom. The summed E-state index contributed by atoms with van der Waals surface area (Å²) in [7, 11) is 0. The van der Waals surface area contributed by atoms with Crippen molar-refractivity contribution in [2.24, 2.45) is 0 Å². The van der Waals surface area contributed by atoms with Crippen molar-refractivity contribution in [1.82, 2.24) is 4.90 Å². The summed E-state index contributed by atoms with van der Waals surface area (Å²) in [6.45, 7) is 1.02. The number of hydrogen-bond donors (Lipinski definition) is 2. The maximum Gasteiger partial charge on any atom is 0.417 e. The Bertz CT molecular complexity index is 1140. The number of nitrogens with zero attached hydrogens (tertiary/aromatic N) is 1. The van der Waals surface area contributed by atoms with Gasteiger partial charge in [0, 0.05) is 19.6 Å². The van der Waals surface area contributed by atoms with Crippen molar-refractivity contribution < 1.29 is 32.9 Å². The molecule has 0 fully saturated rings. The zero-order valence-electron chi connectivity index (χ0n) is 19.4. The molecule has 0 aliphatic heterocycles. The van der Waals surface area contributed by atoms with E-state index >= 15 is 0 Å². The first kappa shape index (κ1) is 27.5. The molecular weight excluding hydrogens is 495 g/mol. The second kappa shape index (κ2) is 12.8. The highest BCUT2D eigenvalue weighted by molar-refractivity contribution is 6.32. The number of carbonyl (C=O) groups is 1. The molecule has 0 bridgehead atoms. The zero-order chi connectivity index (χ0) is 26.1. The van der Waals surface area contributed by atoms with Gasteiger partial charge in [-0.3, -0.25) is 9.69 Å². The van der Waals surface area contributed by atoms with Gasteiger partial charge in [0.2, 0.25) is 0 Å². The summed E-state index contributed by atoms with van der Waals surface area (Å²) in [5.74, 6) is -0.404. The Balaban J connectivity index is 1.68. The third-order valence-electron chi connectivity index (χ3n) is 5.53. The minimum Gasteiger partial charge on any atom is -0.494 e. The monoisotopic (exact) mass is 521 g/mol. The summed E-state index contributed by atoms with van der Waals surface area (Å²) in [4.78, 5) is 12.8. The van der Waals surface area contributed by atoms with Crippen LogP contribution in [0.1, 0.15) is 34.8 Å². The predicted octanol–water partition coefficient (Wildman–Crippen LogP) is 5.99. The molecule has 0 unspecified atom stereocenters. The lowest BCUT2D eigenvalue weighted by Gasteiger charge is -2.26. The molecule has 0 aliphatic carbocycles. The van der Waals surface area contributed by atoms with Crippen LogP contribution in [0, 0.1) is 0 Å². The van der Waals surface area contributed by atoms with Crippen LogP contribution in [0.2, 0.25) is 5.02 Å². The van der Waals surface area contributed by atoms with Crippen LogP contribution in [0.15, 0.2) is 72.8 Å². The molecule has 9 heteroatoms. The minimum atomic E-state index is -4.56. The topological polar surface area (TPSA) is 70.0 Å². The molecule has 0 saturated carbocycles. The first-order valence-electron chi connectivity index (χ1n) is 11.4. The SMILES string of the molecule is O=C(O)Cc1cccc(OCCCN(Cc2cccc(C(F)(F)F)c2Cl)C[C@H](O)c2ccccc2)c1. The molecule has 2 N–H and O–H groups in total. The molecular formula is C27H27ClF3NO4. The van der Waals surface area contributed by atoms with E-state index in [-0.39, 0.29) is 24.5 Å². The van der Waals surface area contributed by atoms with E-state index < -0.39 is 23.8 Å². The number of carboxylic acid groups (broad SMARTS) is 1. The Labute approximate surface area is 212 Å². The van der Waals surface area contributed by atoms with Crippen molar-refractivity contribution in [2.75, 3.05) is 19.7 Å². The number of alkyl halides is 3. The average Bonchev–Trinajstić information content (AvgIpc) is 2.82. The van der Waals surface area contributed by atoms with Crippen molar-refractivity contribution in [3.63, 3.8) is 0 Å². The summed E-state index contributed by atoms with van der Waals surface area (Å²) in [6.07, 6.45) is -5.00. The lowest BCUT2D eigenvalue weighted by atomic mass is 10.1. The number of carboxylic acids is 1. The molecule has 0 saturated heterocycles. The van der Waals surface area contributed by atoms with E-state index in [1.54, 1.807) is 54.6 Å². The van der Waals surface area contributed by atoms with Crippen LogP contribution in [0.5, 0.6) is 5.75 Å². The maximum atomic E-state index is 13.3. The van der Waals surface area contributed by atoms with Crippen molar-refractivity contribution in [2.45, 2.75) is 31.7 Å². The first-order valence-corrected chi connectivity index (χ1v) is 11.7. The number of aliphatic hydroxyl groups excluding tert-OH is 1. The Kier molecular flexibility index (Phi) is 9.75. The first-order chi connectivity index (χ1) is 17.1. The summed E-state index contributed by atoms with van der Waals surface area (Å²) < 4.78 is 45.7. The maximum absolute atomic E-state index is 13.3. The molecule has 0 spiro atoms. The smallest absolute Gasteiger partial charge is 0.417 e. The second-order valence-electron chi connectivity index (χ2n) is 8.36. The highest BCUT2D eigenvalue weighted by Crippen LogP contribution is 2.36. The standard InChI is InChI=1S/C27H27ClF3NO4/c28-26-21(10-5-12-23(26)27(29,30)31)17-32(18-24(33)20-8-2-1-3-9-20)13-6-14-36-22-11-4-7-19(15-22)16-25(34)35/h1-5,7-12,15,24,33H,6,13-14,16-18H2,(H,34,35)/t24-/m0/s1. The van der Waals surface area contributed by atoms with Gasteiger partial charge >= 0.3 is 12.1 Å². The van der Waals surface area contributed by atoms with Crippen LogP contribution in [0.3, 0.4) is 0 Å². The second-order valence-corrected chi connectivity index (χ2v) is 8.74. The third-order valence-corrected chi connectivity index (χ3v) is 5.98. The fourth-order valence-corrected chi connectivity index (χ4v) is 4.11. The third kappa shape index (κ3) is 8.26. The molecule has 36 heavy (non-hydrogen) atoms. The van der Waals surface area contributed by atoms with E-state index in [2.05, 4.69) is 0 Å². The van der Waals surface area contributed by atoms with Gasteiger partial charge in [-0.1, -0.05) is 66.2 Å². The Hall–Kier alpha value is -3.07. The fourth-order valence-electron chi connectivity index (χ4n) is 3.82. The lowest BCUT2D eigenvalue weighted by molar-refractivity contribution is -0.138. The van der Waals surface area contributed by atoms with Gasteiger partial charge in [-0.05, 0) is 41.3 Å². The summed E-state index contributed by atoms with van der Waals surface area (Å²) in [5.41, 5.74) is 0.736.